The minimum absolute atomic E-state index is 0.102. The van der Waals surface area contributed by atoms with Crippen LogP contribution in [0.15, 0.2) is 23.1 Å². The lowest BCUT2D eigenvalue weighted by molar-refractivity contribution is -0.137. The molecular weight excluding hydrogens is 334 g/mol. The van der Waals surface area contributed by atoms with Crippen LogP contribution in [0, 0.1) is 0 Å². The number of carbonyl (C=O) groups excluding carboxylic acids is 1. The summed E-state index contributed by atoms with van der Waals surface area (Å²) in [5, 5.41) is 9.00. The van der Waals surface area contributed by atoms with Crippen LogP contribution >= 0.6 is 11.6 Å². The Labute approximate surface area is 133 Å². The van der Waals surface area contributed by atoms with Gasteiger partial charge in [-0.1, -0.05) is 11.6 Å². The number of hydrogen-bond acceptors (Lipinski definition) is 5. The number of carboxylic acids is 1. The van der Waals surface area contributed by atoms with Crippen molar-refractivity contribution in [1.82, 2.24) is 4.31 Å². The lowest BCUT2D eigenvalue weighted by atomic mass is 10.2. The van der Waals surface area contributed by atoms with Gasteiger partial charge in [0.25, 0.3) is 0 Å². The zero-order valence-corrected chi connectivity index (χ0v) is 13.8. The van der Waals surface area contributed by atoms with E-state index in [0.29, 0.717) is 0 Å². The fourth-order valence-electron chi connectivity index (χ4n) is 1.79. The molecule has 0 heterocycles. The Hall–Kier alpha value is -1.64. The topological polar surface area (TPSA) is 101 Å². The molecule has 1 N–H and O–H groups in total. The molecule has 9 heteroatoms. The van der Waals surface area contributed by atoms with E-state index in [0.717, 1.165) is 17.5 Å². The maximum absolute atomic E-state index is 12.7. The summed E-state index contributed by atoms with van der Waals surface area (Å²) in [5.74, 6) is -2.16. The zero-order chi connectivity index (χ0) is 17.1. The van der Waals surface area contributed by atoms with Crippen LogP contribution in [-0.2, 0) is 19.6 Å². The SMILES string of the molecule is COC(=O)c1ccc(Cl)cc1S(=O)(=O)N(CC(=O)O)C(C)C. The van der Waals surface area contributed by atoms with Gasteiger partial charge in [-0.05, 0) is 32.0 Å². The van der Waals surface area contributed by atoms with Crippen molar-refractivity contribution in [2.75, 3.05) is 13.7 Å². The predicted octanol–water partition coefficient (Wildman–Crippen LogP) is 1.61. The Kier molecular flexibility index (Phi) is 5.92. The molecule has 0 fully saturated rings. The average Bonchev–Trinajstić information content (AvgIpc) is 2.43. The van der Waals surface area contributed by atoms with Crippen LogP contribution < -0.4 is 0 Å². The van der Waals surface area contributed by atoms with Crippen LogP contribution in [0.3, 0.4) is 0 Å². The molecule has 0 spiro atoms. The monoisotopic (exact) mass is 349 g/mol. The minimum Gasteiger partial charge on any atom is -0.480 e. The summed E-state index contributed by atoms with van der Waals surface area (Å²) in [5.41, 5.74) is -0.206. The Morgan fingerprint density at radius 3 is 2.41 bits per heavy atom. The average molecular weight is 350 g/mol. The van der Waals surface area contributed by atoms with Crippen molar-refractivity contribution < 1.29 is 27.9 Å². The fourth-order valence-corrected chi connectivity index (χ4v) is 3.82. The van der Waals surface area contributed by atoms with Crippen molar-refractivity contribution in [3.63, 3.8) is 0 Å². The largest absolute Gasteiger partial charge is 0.480 e. The van der Waals surface area contributed by atoms with Crippen molar-refractivity contribution >= 4 is 33.6 Å². The summed E-state index contributed by atoms with van der Waals surface area (Å²) in [7, 11) is -3.12. The highest BCUT2D eigenvalue weighted by Gasteiger charge is 2.32. The van der Waals surface area contributed by atoms with E-state index in [2.05, 4.69) is 4.74 Å². The highest BCUT2D eigenvalue weighted by molar-refractivity contribution is 7.89. The molecule has 0 saturated heterocycles. The van der Waals surface area contributed by atoms with Crippen LogP contribution in [0.5, 0.6) is 0 Å². The van der Waals surface area contributed by atoms with Gasteiger partial charge in [0, 0.05) is 11.1 Å². The molecule has 1 rings (SSSR count). The second kappa shape index (κ2) is 7.08. The Bertz CT molecular complexity index is 686. The van der Waals surface area contributed by atoms with E-state index in [9.17, 15) is 18.0 Å². The number of nitrogens with zero attached hydrogens (tertiary/aromatic N) is 1. The molecule has 22 heavy (non-hydrogen) atoms. The third-order valence-corrected chi connectivity index (χ3v) is 5.10. The Morgan fingerprint density at radius 1 is 1.36 bits per heavy atom. The van der Waals surface area contributed by atoms with Crippen LogP contribution in [0.1, 0.15) is 24.2 Å². The van der Waals surface area contributed by atoms with E-state index in [4.69, 9.17) is 16.7 Å². The molecule has 7 nitrogen and oxygen atoms in total. The second-order valence-electron chi connectivity index (χ2n) is 4.67. The fraction of sp³-hybridized carbons (Fsp3) is 0.385. The molecular formula is C13H16ClNO6S. The van der Waals surface area contributed by atoms with Gasteiger partial charge in [-0.15, -0.1) is 0 Å². The lowest BCUT2D eigenvalue weighted by Crippen LogP contribution is -2.41. The highest BCUT2D eigenvalue weighted by Crippen LogP contribution is 2.26. The van der Waals surface area contributed by atoms with Crippen molar-refractivity contribution in [2.24, 2.45) is 0 Å². The van der Waals surface area contributed by atoms with Gasteiger partial charge in [-0.3, -0.25) is 4.79 Å². The first-order chi connectivity index (χ1) is 10.1. The van der Waals surface area contributed by atoms with Crippen LogP contribution in [0.25, 0.3) is 0 Å². The third-order valence-electron chi connectivity index (χ3n) is 2.80. The van der Waals surface area contributed by atoms with E-state index in [1.165, 1.54) is 26.0 Å². The molecule has 0 bridgehead atoms. The maximum Gasteiger partial charge on any atom is 0.339 e. The molecule has 0 atom stereocenters. The van der Waals surface area contributed by atoms with Gasteiger partial charge in [-0.25, -0.2) is 13.2 Å². The summed E-state index contributed by atoms with van der Waals surface area (Å²) < 4.78 is 30.7. The third kappa shape index (κ3) is 3.96. The summed E-state index contributed by atoms with van der Waals surface area (Å²) in [6, 6.07) is 3.05. The number of rotatable bonds is 6. The number of methoxy groups -OCH3 is 1. The number of carbonyl (C=O) groups is 2. The number of carboxylic acid groups (broad SMARTS) is 1. The summed E-state index contributed by atoms with van der Waals surface area (Å²) in [4.78, 5) is 22.3. The first-order valence-electron chi connectivity index (χ1n) is 6.22. The molecule has 1 aromatic rings. The van der Waals surface area contributed by atoms with Crippen LogP contribution in [0.2, 0.25) is 5.02 Å². The van der Waals surface area contributed by atoms with Crippen molar-refractivity contribution in [3.05, 3.63) is 28.8 Å². The number of aliphatic carboxylic acids is 1. The molecule has 0 saturated carbocycles. The quantitative estimate of drug-likeness (QED) is 0.783. The van der Waals surface area contributed by atoms with Gasteiger partial charge in [0.15, 0.2) is 0 Å². The molecule has 0 aliphatic carbocycles. The first kappa shape index (κ1) is 18.4. The molecule has 0 unspecified atom stereocenters. The molecule has 0 aliphatic heterocycles. The van der Waals surface area contributed by atoms with E-state index in [1.807, 2.05) is 0 Å². The van der Waals surface area contributed by atoms with Gasteiger partial charge in [0.1, 0.15) is 6.54 Å². The molecule has 0 amide bonds. The lowest BCUT2D eigenvalue weighted by Gasteiger charge is -2.25. The number of hydrogen-bond donors (Lipinski definition) is 1. The molecule has 0 aliphatic rings. The standard InChI is InChI=1S/C13H16ClNO6S/c1-8(2)15(7-12(16)17)22(19,20)11-6-9(14)4-5-10(11)13(18)21-3/h4-6,8H,7H2,1-3H3,(H,16,17). The van der Waals surface area contributed by atoms with E-state index in [-0.39, 0.29) is 15.5 Å². The normalized spacial score (nSPS) is 11.7. The van der Waals surface area contributed by atoms with Crippen LogP contribution in [0.4, 0.5) is 0 Å². The molecule has 0 radical (unpaired) electrons. The van der Waals surface area contributed by atoms with Crippen LogP contribution in [-0.4, -0.2) is 49.5 Å². The minimum atomic E-state index is -4.24. The number of ether oxygens (including phenoxy) is 1. The van der Waals surface area contributed by atoms with Gasteiger partial charge in [0.2, 0.25) is 10.0 Å². The Balaban J connectivity index is 3.52. The summed E-state index contributed by atoms with van der Waals surface area (Å²) in [6.45, 7) is 2.33. The van der Waals surface area contributed by atoms with E-state index in [1.54, 1.807) is 0 Å². The van der Waals surface area contributed by atoms with Gasteiger partial charge < -0.3 is 9.84 Å². The maximum atomic E-state index is 12.7. The Morgan fingerprint density at radius 2 is 1.95 bits per heavy atom. The van der Waals surface area contributed by atoms with Crippen molar-refractivity contribution in [3.8, 4) is 0 Å². The van der Waals surface area contributed by atoms with Gasteiger partial charge >= 0.3 is 11.9 Å². The smallest absolute Gasteiger partial charge is 0.339 e. The number of sulfonamides is 1. The number of esters is 1. The van der Waals surface area contributed by atoms with E-state index < -0.39 is 34.5 Å². The van der Waals surface area contributed by atoms with E-state index >= 15 is 0 Å². The molecule has 0 aromatic heterocycles. The summed E-state index contributed by atoms with van der Waals surface area (Å²) in [6.07, 6.45) is 0. The summed E-state index contributed by atoms with van der Waals surface area (Å²) >= 11 is 5.81. The number of halogens is 1. The molecule has 122 valence electrons. The highest BCUT2D eigenvalue weighted by atomic mass is 35.5. The predicted molar refractivity (Wildman–Crippen MR) is 79.5 cm³/mol. The van der Waals surface area contributed by atoms with Gasteiger partial charge in [0.05, 0.1) is 17.6 Å². The first-order valence-corrected chi connectivity index (χ1v) is 8.04. The van der Waals surface area contributed by atoms with Gasteiger partial charge in [-0.2, -0.15) is 4.31 Å². The number of benzene rings is 1. The van der Waals surface area contributed by atoms with Crippen molar-refractivity contribution in [1.29, 1.82) is 0 Å². The second-order valence-corrected chi connectivity index (χ2v) is 6.97. The molecule has 1 aromatic carbocycles. The zero-order valence-electron chi connectivity index (χ0n) is 12.2. The van der Waals surface area contributed by atoms with Crippen molar-refractivity contribution in [2.45, 2.75) is 24.8 Å².